The van der Waals surface area contributed by atoms with E-state index in [-0.39, 0.29) is 0 Å². The maximum absolute atomic E-state index is 3.72. The first-order valence-electron chi connectivity index (χ1n) is 6.86. The number of thiophene rings is 1. The lowest BCUT2D eigenvalue weighted by Crippen LogP contribution is -2.33. The quantitative estimate of drug-likeness (QED) is 0.901. The number of nitrogens with one attached hydrogen (secondary N) is 1. The summed E-state index contributed by atoms with van der Waals surface area (Å²) >= 11 is 5.43. The third-order valence-electron chi connectivity index (χ3n) is 3.74. The van der Waals surface area contributed by atoms with Crippen LogP contribution in [0, 0.1) is 0 Å². The van der Waals surface area contributed by atoms with Crippen molar-refractivity contribution >= 4 is 27.3 Å². The predicted molar refractivity (Wildman–Crippen MR) is 83.2 cm³/mol. The Kier molecular flexibility index (Phi) is 5.67. The van der Waals surface area contributed by atoms with Crippen molar-refractivity contribution < 1.29 is 0 Å². The molecule has 1 saturated heterocycles. The topological polar surface area (TPSA) is 15.3 Å². The molecule has 0 amide bonds. The Morgan fingerprint density at radius 2 is 2.28 bits per heavy atom. The Balaban J connectivity index is 1.79. The van der Waals surface area contributed by atoms with Gasteiger partial charge < -0.3 is 10.2 Å². The second-order valence-electron chi connectivity index (χ2n) is 5.33. The van der Waals surface area contributed by atoms with Crippen LogP contribution in [0.5, 0.6) is 0 Å². The van der Waals surface area contributed by atoms with E-state index in [1.165, 1.54) is 41.7 Å². The van der Waals surface area contributed by atoms with Crippen molar-refractivity contribution in [2.45, 2.75) is 51.7 Å². The van der Waals surface area contributed by atoms with Gasteiger partial charge in [0.1, 0.15) is 0 Å². The van der Waals surface area contributed by atoms with Crippen molar-refractivity contribution in [3.05, 3.63) is 20.8 Å². The largest absolute Gasteiger partial charge is 0.309 e. The van der Waals surface area contributed by atoms with Gasteiger partial charge in [0.25, 0.3) is 0 Å². The van der Waals surface area contributed by atoms with E-state index in [9.17, 15) is 0 Å². The molecular weight excluding hydrogens is 308 g/mol. The summed E-state index contributed by atoms with van der Waals surface area (Å²) in [7, 11) is 0. The number of likely N-dealkylation sites (tertiary alicyclic amines) is 1. The molecule has 1 unspecified atom stereocenters. The number of halogens is 1. The van der Waals surface area contributed by atoms with Crippen LogP contribution in [0.25, 0.3) is 0 Å². The van der Waals surface area contributed by atoms with Gasteiger partial charge in [-0.25, -0.2) is 0 Å². The molecule has 1 aliphatic rings. The number of nitrogens with zero attached hydrogens (tertiary/aromatic N) is 1. The van der Waals surface area contributed by atoms with Crippen molar-refractivity contribution in [1.29, 1.82) is 0 Å². The summed E-state index contributed by atoms with van der Waals surface area (Å²) in [5, 5.41) is 5.87. The highest BCUT2D eigenvalue weighted by Gasteiger charge is 2.18. The Morgan fingerprint density at radius 1 is 1.44 bits per heavy atom. The van der Waals surface area contributed by atoms with Gasteiger partial charge in [-0.05, 0) is 73.6 Å². The van der Waals surface area contributed by atoms with Gasteiger partial charge in [-0.2, -0.15) is 0 Å². The molecular formula is C14H23BrN2S. The second kappa shape index (κ2) is 7.04. The average molecular weight is 331 g/mol. The van der Waals surface area contributed by atoms with Crippen LogP contribution in [0.15, 0.2) is 15.9 Å². The maximum Gasteiger partial charge on any atom is 0.0327 e. The first-order chi connectivity index (χ1) is 8.66. The normalized spacial score (nSPS) is 22.3. The minimum absolute atomic E-state index is 0.683. The van der Waals surface area contributed by atoms with Crippen LogP contribution in [0.3, 0.4) is 0 Å². The molecule has 2 rings (SSSR count). The van der Waals surface area contributed by atoms with Crippen LogP contribution in [0.2, 0.25) is 0 Å². The zero-order valence-corrected chi connectivity index (χ0v) is 13.7. The molecule has 18 heavy (non-hydrogen) atoms. The van der Waals surface area contributed by atoms with Crippen LogP contribution in [0.4, 0.5) is 0 Å². The molecule has 2 heterocycles. The fourth-order valence-electron chi connectivity index (χ4n) is 2.53. The summed E-state index contributed by atoms with van der Waals surface area (Å²) in [6.45, 7) is 8.11. The van der Waals surface area contributed by atoms with Gasteiger partial charge in [0.15, 0.2) is 0 Å². The molecule has 0 aliphatic carbocycles. The molecule has 0 aromatic carbocycles. The van der Waals surface area contributed by atoms with Gasteiger partial charge in [0.05, 0.1) is 0 Å². The Morgan fingerprint density at radius 3 is 2.94 bits per heavy atom. The summed E-state index contributed by atoms with van der Waals surface area (Å²) in [4.78, 5) is 4.02. The zero-order valence-electron chi connectivity index (χ0n) is 11.3. The molecule has 1 fully saturated rings. The maximum atomic E-state index is 3.72. The minimum Gasteiger partial charge on any atom is -0.309 e. The molecule has 4 heteroatoms. The smallest absolute Gasteiger partial charge is 0.0327 e. The van der Waals surface area contributed by atoms with Crippen LogP contribution in [-0.4, -0.2) is 30.1 Å². The summed E-state index contributed by atoms with van der Waals surface area (Å²) in [5.41, 5.74) is 0. The van der Waals surface area contributed by atoms with Crippen molar-refractivity contribution in [3.8, 4) is 0 Å². The van der Waals surface area contributed by atoms with E-state index in [0.717, 1.165) is 6.54 Å². The third-order valence-corrected chi connectivity index (χ3v) is 5.66. The van der Waals surface area contributed by atoms with E-state index in [2.05, 4.69) is 51.4 Å². The standard InChI is InChI=1S/C14H23BrN2S/c1-11(2)17-7-3-4-12(5-8-17)16-10-14-13(15)6-9-18-14/h6,9,11-12,16H,3-5,7-8,10H2,1-2H3. The minimum atomic E-state index is 0.683. The summed E-state index contributed by atoms with van der Waals surface area (Å²) < 4.78 is 1.25. The SMILES string of the molecule is CC(C)N1CCCC(NCc2sccc2Br)CC1. The van der Waals surface area contributed by atoms with Gasteiger partial charge >= 0.3 is 0 Å². The van der Waals surface area contributed by atoms with Gasteiger partial charge in [-0.15, -0.1) is 11.3 Å². The fourth-order valence-corrected chi connectivity index (χ4v) is 3.97. The molecule has 1 atom stereocenters. The van der Waals surface area contributed by atoms with E-state index in [1.807, 2.05) is 11.3 Å². The van der Waals surface area contributed by atoms with Crippen molar-refractivity contribution in [2.75, 3.05) is 13.1 Å². The van der Waals surface area contributed by atoms with Crippen LogP contribution in [0.1, 0.15) is 38.0 Å². The predicted octanol–water partition coefficient (Wildman–Crippen LogP) is 3.86. The third kappa shape index (κ3) is 4.05. The van der Waals surface area contributed by atoms with E-state index >= 15 is 0 Å². The van der Waals surface area contributed by atoms with Crippen LogP contribution in [-0.2, 0) is 6.54 Å². The molecule has 1 N–H and O–H groups in total. The number of hydrogen-bond donors (Lipinski definition) is 1. The zero-order chi connectivity index (χ0) is 13.0. The lowest BCUT2D eigenvalue weighted by Gasteiger charge is -2.24. The van der Waals surface area contributed by atoms with Crippen molar-refractivity contribution in [2.24, 2.45) is 0 Å². The van der Waals surface area contributed by atoms with E-state index < -0.39 is 0 Å². The highest BCUT2D eigenvalue weighted by atomic mass is 79.9. The Labute approximate surface area is 123 Å². The molecule has 1 aromatic rings. The first kappa shape index (κ1) is 14.5. The van der Waals surface area contributed by atoms with Gasteiger partial charge in [0, 0.05) is 28.0 Å². The molecule has 0 saturated carbocycles. The van der Waals surface area contributed by atoms with Crippen LogP contribution >= 0.6 is 27.3 Å². The Hall–Kier alpha value is 0.100. The van der Waals surface area contributed by atoms with E-state index in [4.69, 9.17) is 0 Å². The summed E-state index contributed by atoms with van der Waals surface area (Å²) in [6, 6.07) is 3.51. The van der Waals surface area contributed by atoms with Crippen molar-refractivity contribution in [3.63, 3.8) is 0 Å². The van der Waals surface area contributed by atoms with Crippen molar-refractivity contribution in [1.82, 2.24) is 10.2 Å². The molecule has 102 valence electrons. The van der Waals surface area contributed by atoms with Gasteiger partial charge in [-0.3, -0.25) is 0 Å². The fraction of sp³-hybridized carbons (Fsp3) is 0.714. The molecule has 1 aliphatic heterocycles. The number of rotatable bonds is 4. The van der Waals surface area contributed by atoms with Crippen LogP contribution < -0.4 is 5.32 Å². The second-order valence-corrected chi connectivity index (χ2v) is 7.19. The lowest BCUT2D eigenvalue weighted by atomic mass is 10.1. The monoisotopic (exact) mass is 330 g/mol. The molecule has 2 nitrogen and oxygen atoms in total. The number of hydrogen-bond acceptors (Lipinski definition) is 3. The highest BCUT2D eigenvalue weighted by molar-refractivity contribution is 9.10. The summed E-state index contributed by atoms with van der Waals surface area (Å²) in [5.74, 6) is 0. The first-order valence-corrected chi connectivity index (χ1v) is 8.53. The van der Waals surface area contributed by atoms with E-state index in [0.29, 0.717) is 12.1 Å². The van der Waals surface area contributed by atoms with E-state index in [1.54, 1.807) is 0 Å². The molecule has 0 spiro atoms. The lowest BCUT2D eigenvalue weighted by molar-refractivity contribution is 0.229. The summed E-state index contributed by atoms with van der Waals surface area (Å²) in [6.07, 6.45) is 3.91. The van der Waals surface area contributed by atoms with Gasteiger partial charge in [-0.1, -0.05) is 0 Å². The highest BCUT2D eigenvalue weighted by Crippen LogP contribution is 2.23. The average Bonchev–Trinajstić information content (AvgIpc) is 2.62. The Bertz CT molecular complexity index is 364. The molecule has 1 aromatic heterocycles. The molecule has 0 radical (unpaired) electrons. The van der Waals surface area contributed by atoms with Gasteiger partial charge in [0.2, 0.25) is 0 Å². The molecule has 0 bridgehead atoms.